The van der Waals surface area contributed by atoms with Crippen LogP contribution in [0.4, 0.5) is 0 Å². The van der Waals surface area contributed by atoms with Gasteiger partial charge >= 0.3 is 0 Å². The standard InChI is InChI=1S/C15H25N3O3S/c1-6-18(7-14(19)16-10(2)3)15(20)9-22-8-13-11(4)17-21-12(13)5/h10H,6-9H2,1-5H3,(H,16,19). The quantitative estimate of drug-likeness (QED) is 0.789. The second-order valence-corrected chi connectivity index (χ2v) is 6.41. The third-order valence-corrected chi connectivity index (χ3v) is 4.12. The van der Waals surface area contributed by atoms with Crippen LogP contribution in [0.15, 0.2) is 4.52 Å². The van der Waals surface area contributed by atoms with Crippen molar-refractivity contribution < 1.29 is 14.1 Å². The average Bonchev–Trinajstić information content (AvgIpc) is 2.75. The molecule has 0 unspecified atom stereocenters. The summed E-state index contributed by atoms with van der Waals surface area (Å²) in [5.74, 6) is 1.66. The third kappa shape index (κ3) is 5.71. The van der Waals surface area contributed by atoms with E-state index in [2.05, 4.69) is 10.5 Å². The molecule has 0 bridgehead atoms. The number of thioether (sulfide) groups is 1. The molecular weight excluding hydrogens is 302 g/mol. The number of hydrogen-bond donors (Lipinski definition) is 1. The molecule has 124 valence electrons. The van der Waals surface area contributed by atoms with E-state index in [1.807, 2.05) is 34.6 Å². The Labute approximate surface area is 136 Å². The molecule has 1 aromatic rings. The maximum atomic E-state index is 12.2. The van der Waals surface area contributed by atoms with Gasteiger partial charge in [0.05, 0.1) is 18.0 Å². The molecule has 1 rings (SSSR count). The van der Waals surface area contributed by atoms with E-state index in [1.54, 1.807) is 4.90 Å². The van der Waals surface area contributed by atoms with Crippen molar-refractivity contribution in [3.8, 4) is 0 Å². The molecule has 0 atom stereocenters. The largest absolute Gasteiger partial charge is 0.361 e. The maximum Gasteiger partial charge on any atom is 0.239 e. The summed E-state index contributed by atoms with van der Waals surface area (Å²) in [4.78, 5) is 25.5. The Morgan fingerprint density at radius 2 is 2.05 bits per heavy atom. The number of carbonyl (C=O) groups is 2. The summed E-state index contributed by atoms with van der Waals surface area (Å²) in [7, 11) is 0. The SMILES string of the molecule is CCN(CC(=O)NC(C)C)C(=O)CSCc1c(C)noc1C. The van der Waals surface area contributed by atoms with Crippen molar-refractivity contribution in [3.63, 3.8) is 0 Å². The first-order valence-electron chi connectivity index (χ1n) is 7.41. The number of nitrogens with one attached hydrogen (secondary N) is 1. The number of likely N-dealkylation sites (N-methyl/N-ethyl adjacent to an activating group) is 1. The van der Waals surface area contributed by atoms with Gasteiger partial charge < -0.3 is 14.7 Å². The fourth-order valence-corrected chi connectivity index (χ4v) is 3.03. The van der Waals surface area contributed by atoms with Crippen molar-refractivity contribution in [2.45, 2.75) is 46.4 Å². The summed E-state index contributed by atoms with van der Waals surface area (Å²) >= 11 is 1.51. The van der Waals surface area contributed by atoms with Crippen LogP contribution in [0.25, 0.3) is 0 Å². The number of amides is 2. The maximum absolute atomic E-state index is 12.2. The second kappa shape index (κ2) is 8.82. The Kier molecular flexibility index (Phi) is 7.44. The normalized spacial score (nSPS) is 10.8. The summed E-state index contributed by atoms with van der Waals surface area (Å²) < 4.78 is 5.10. The summed E-state index contributed by atoms with van der Waals surface area (Å²) in [6.45, 7) is 10.1. The molecular formula is C15H25N3O3S. The Bertz CT molecular complexity index is 495. The number of aryl methyl sites for hydroxylation is 2. The molecule has 0 aliphatic rings. The zero-order chi connectivity index (χ0) is 16.7. The molecule has 22 heavy (non-hydrogen) atoms. The summed E-state index contributed by atoms with van der Waals surface area (Å²) in [6, 6.07) is 0.0789. The van der Waals surface area contributed by atoms with Gasteiger partial charge in [-0.3, -0.25) is 9.59 Å². The van der Waals surface area contributed by atoms with Gasteiger partial charge in [-0.2, -0.15) is 0 Å². The molecule has 0 aliphatic heterocycles. The number of hydrogen-bond acceptors (Lipinski definition) is 5. The number of carbonyl (C=O) groups excluding carboxylic acids is 2. The van der Waals surface area contributed by atoms with Gasteiger partial charge in [0.15, 0.2) is 0 Å². The minimum Gasteiger partial charge on any atom is -0.361 e. The highest BCUT2D eigenvalue weighted by Gasteiger charge is 2.17. The number of aromatic nitrogens is 1. The molecule has 2 amide bonds. The molecule has 6 nitrogen and oxygen atoms in total. The Morgan fingerprint density at radius 1 is 1.36 bits per heavy atom. The van der Waals surface area contributed by atoms with E-state index >= 15 is 0 Å². The molecule has 1 aromatic heterocycles. The fraction of sp³-hybridized carbons (Fsp3) is 0.667. The van der Waals surface area contributed by atoms with E-state index < -0.39 is 0 Å². The first-order chi connectivity index (χ1) is 10.3. The molecule has 0 spiro atoms. The van der Waals surface area contributed by atoms with E-state index in [0.29, 0.717) is 18.1 Å². The number of rotatable bonds is 8. The predicted octanol–water partition coefficient (Wildman–Crippen LogP) is 1.90. The lowest BCUT2D eigenvalue weighted by Crippen LogP contribution is -2.43. The minimum atomic E-state index is -0.124. The van der Waals surface area contributed by atoms with E-state index in [0.717, 1.165) is 17.0 Å². The minimum absolute atomic E-state index is 0.0295. The lowest BCUT2D eigenvalue weighted by molar-refractivity contribution is -0.134. The third-order valence-electron chi connectivity index (χ3n) is 3.17. The molecule has 1 N–H and O–H groups in total. The van der Waals surface area contributed by atoms with Crippen LogP contribution in [0, 0.1) is 13.8 Å². The van der Waals surface area contributed by atoms with E-state index in [4.69, 9.17) is 4.52 Å². The highest BCUT2D eigenvalue weighted by Crippen LogP contribution is 2.19. The lowest BCUT2D eigenvalue weighted by Gasteiger charge is -2.21. The molecule has 7 heteroatoms. The first-order valence-corrected chi connectivity index (χ1v) is 8.57. The average molecular weight is 327 g/mol. The van der Waals surface area contributed by atoms with Crippen molar-refractivity contribution in [2.24, 2.45) is 0 Å². The van der Waals surface area contributed by atoms with Gasteiger partial charge in [0, 0.05) is 23.9 Å². The van der Waals surface area contributed by atoms with Crippen LogP contribution in [0.3, 0.4) is 0 Å². The van der Waals surface area contributed by atoms with Gasteiger partial charge in [-0.05, 0) is 34.6 Å². The van der Waals surface area contributed by atoms with E-state index in [1.165, 1.54) is 11.8 Å². The van der Waals surface area contributed by atoms with E-state index in [9.17, 15) is 9.59 Å². The van der Waals surface area contributed by atoms with Gasteiger partial charge in [0.2, 0.25) is 11.8 Å². The summed E-state index contributed by atoms with van der Waals surface area (Å²) in [5, 5.41) is 6.69. The van der Waals surface area contributed by atoms with Crippen molar-refractivity contribution >= 4 is 23.6 Å². The van der Waals surface area contributed by atoms with Crippen LogP contribution in [-0.2, 0) is 15.3 Å². The van der Waals surface area contributed by atoms with Crippen LogP contribution < -0.4 is 5.32 Å². The smallest absolute Gasteiger partial charge is 0.239 e. The molecule has 0 radical (unpaired) electrons. The lowest BCUT2D eigenvalue weighted by atomic mass is 10.2. The van der Waals surface area contributed by atoms with Crippen LogP contribution in [0.2, 0.25) is 0 Å². The summed E-state index contributed by atoms with van der Waals surface area (Å²) in [5.41, 5.74) is 1.90. The van der Waals surface area contributed by atoms with Crippen LogP contribution in [-0.4, -0.2) is 46.8 Å². The van der Waals surface area contributed by atoms with Gasteiger partial charge in [-0.25, -0.2) is 0 Å². The summed E-state index contributed by atoms with van der Waals surface area (Å²) in [6.07, 6.45) is 0. The molecule has 0 fully saturated rings. The predicted molar refractivity (Wildman–Crippen MR) is 87.7 cm³/mol. The molecule has 0 saturated carbocycles. The van der Waals surface area contributed by atoms with Gasteiger partial charge in [0.25, 0.3) is 0 Å². The van der Waals surface area contributed by atoms with Gasteiger partial charge in [0.1, 0.15) is 5.76 Å². The zero-order valence-electron chi connectivity index (χ0n) is 13.9. The van der Waals surface area contributed by atoms with Crippen molar-refractivity contribution in [2.75, 3.05) is 18.8 Å². The fourth-order valence-electron chi connectivity index (χ4n) is 1.96. The van der Waals surface area contributed by atoms with E-state index in [-0.39, 0.29) is 24.4 Å². The first kappa shape index (κ1) is 18.5. The van der Waals surface area contributed by atoms with Crippen molar-refractivity contribution in [1.29, 1.82) is 0 Å². The Hall–Kier alpha value is -1.50. The monoisotopic (exact) mass is 327 g/mol. The van der Waals surface area contributed by atoms with Crippen molar-refractivity contribution in [3.05, 3.63) is 17.0 Å². The molecule has 0 saturated heterocycles. The molecule has 0 aromatic carbocycles. The highest BCUT2D eigenvalue weighted by molar-refractivity contribution is 7.99. The number of nitrogens with zero attached hydrogens (tertiary/aromatic N) is 2. The second-order valence-electron chi connectivity index (χ2n) is 5.43. The Morgan fingerprint density at radius 3 is 2.55 bits per heavy atom. The Balaban J connectivity index is 2.43. The molecule has 0 aliphatic carbocycles. The van der Waals surface area contributed by atoms with Gasteiger partial charge in [-0.1, -0.05) is 5.16 Å². The zero-order valence-corrected chi connectivity index (χ0v) is 14.7. The van der Waals surface area contributed by atoms with Gasteiger partial charge in [-0.15, -0.1) is 11.8 Å². The highest BCUT2D eigenvalue weighted by atomic mass is 32.2. The topological polar surface area (TPSA) is 75.4 Å². The van der Waals surface area contributed by atoms with Crippen LogP contribution in [0.1, 0.15) is 37.8 Å². The van der Waals surface area contributed by atoms with Crippen LogP contribution >= 0.6 is 11.8 Å². The van der Waals surface area contributed by atoms with Crippen LogP contribution in [0.5, 0.6) is 0 Å². The molecule has 1 heterocycles. The van der Waals surface area contributed by atoms with Crippen molar-refractivity contribution in [1.82, 2.24) is 15.4 Å².